The molecule has 0 aliphatic carbocycles. The predicted octanol–water partition coefficient (Wildman–Crippen LogP) is 3.80. The molecule has 2 rings (SSSR count). The SMILES string of the molecule is Cc1cc(Cl)ccc1O[C@H](C)C(=O)N/N=C(/CCC(=O)O)c1ccccc1. The van der Waals surface area contributed by atoms with Gasteiger partial charge in [-0.05, 0) is 43.2 Å². The van der Waals surface area contributed by atoms with Gasteiger partial charge in [0.1, 0.15) is 5.75 Å². The summed E-state index contributed by atoms with van der Waals surface area (Å²) in [6, 6.07) is 14.2. The lowest BCUT2D eigenvalue weighted by Gasteiger charge is -2.15. The first-order valence-electron chi connectivity index (χ1n) is 8.43. The van der Waals surface area contributed by atoms with Gasteiger partial charge in [-0.1, -0.05) is 41.9 Å². The molecule has 0 bridgehead atoms. The number of aryl methyl sites for hydroxylation is 1. The van der Waals surface area contributed by atoms with Gasteiger partial charge < -0.3 is 9.84 Å². The molecule has 6 nitrogen and oxygen atoms in total. The van der Waals surface area contributed by atoms with Gasteiger partial charge >= 0.3 is 5.97 Å². The number of carbonyl (C=O) groups excluding carboxylic acids is 1. The molecule has 0 radical (unpaired) electrons. The number of amides is 1. The zero-order valence-electron chi connectivity index (χ0n) is 15.1. The molecule has 2 aromatic rings. The fraction of sp³-hybridized carbons (Fsp3) is 0.250. The fourth-order valence-corrected chi connectivity index (χ4v) is 2.55. The van der Waals surface area contributed by atoms with Gasteiger partial charge in [-0.15, -0.1) is 0 Å². The number of ether oxygens (including phenoxy) is 1. The fourth-order valence-electron chi connectivity index (χ4n) is 2.32. The third-order valence-corrected chi connectivity index (χ3v) is 4.03. The molecule has 0 aliphatic rings. The molecule has 0 unspecified atom stereocenters. The molecule has 2 N–H and O–H groups in total. The van der Waals surface area contributed by atoms with Crippen molar-refractivity contribution in [2.24, 2.45) is 5.10 Å². The van der Waals surface area contributed by atoms with Crippen molar-refractivity contribution in [1.29, 1.82) is 0 Å². The molecule has 0 saturated heterocycles. The van der Waals surface area contributed by atoms with Crippen LogP contribution in [0.1, 0.15) is 30.9 Å². The standard InChI is InChI=1S/C20H21ClN2O4/c1-13-12-16(21)8-10-18(13)27-14(2)20(26)23-22-17(9-11-19(24)25)15-6-4-3-5-7-15/h3-8,10,12,14H,9,11H2,1-2H3,(H,23,26)(H,24,25)/b22-17-/t14-/m1/s1. The average Bonchev–Trinajstić information content (AvgIpc) is 2.64. The Kier molecular flexibility index (Phi) is 7.37. The molecule has 142 valence electrons. The number of hydrazone groups is 1. The van der Waals surface area contributed by atoms with E-state index in [-0.39, 0.29) is 12.8 Å². The number of rotatable bonds is 8. The molecule has 7 heteroatoms. The molecule has 0 aliphatic heterocycles. The Morgan fingerprint density at radius 1 is 1.19 bits per heavy atom. The summed E-state index contributed by atoms with van der Waals surface area (Å²) in [6.45, 7) is 3.45. The van der Waals surface area contributed by atoms with E-state index >= 15 is 0 Å². The molecule has 0 spiro atoms. The third kappa shape index (κ3) is 6.42. The Morgan fingerprint density at radius 2 is 1.89 bits per heavy atom. The largest absolute Gasteiger partial charge is 0.481 e. The second-order valence-corrected chi connectivity index (χ2v) is 6.40. The van der Waals surface area contributed by atoms with Crippen LogP contribution in [0.3, 0.4) is 0 Å². The topological polar surface area (TPSA) is 88.0 Å². The van der Waals surface area contributed by atoms with Crippen molar-refractivity contribution in [3.8, 4) is 5.75 Å². The predicted molar refractivity (Wildman–Crippen MR) is 104 cm³/mol. The Balaban J connectivity index is 2.06. The smallest absolute Gasteiger partial charge is 0.303 e. The minimum atomic E-state index is -0.931. The molecular weight excluding hydrogens is 368 g/mol. The summed E-state index contributed by atoms with van der Waals surface area (Å²) < 4.78 is 5.66. The normalized spacial score (nSPS) is 12.3. The molecule has 0 aromatic heterocycles. The van der Waals surface area contributed by atoms with Crippen LogP contribution in [0.25, 0.3) is 0 Å². The van der Waals surface area contributed by atoms with E-state index in [1.165, 1.54) is 0 Å². The number of carbonyl (C=O) groups is 2. The lowest BCUT2D eigenvalue weighted by atomic mass is 10.1. The van der Waals surface area contributed by atoms with Crippen molar-refractivity contribution in [3.05, 3.63) is 64.7 Å². The lowest BCUT2D eigenvalue weighted by molar-refractivity contribution is -0.136. The number of hydrogen-bond acceptors (Lipinski definition) is 4. The highest BCUT2D eigenvalue weighted by Crippen LogP contribution is 2.22. The summed E-state index contributed by atoms with van der Waals surface area (Å²) in [5, 5.41) is 13.6. The summed E-state index contributed by atoms with van der Waals surface area (Å²) in [4.78, 5) is 23.2. The summed E-state index contributed by atoms with van der Waals surface area (Å²) in [5.74, 6) is -0.812. The van der Waals surface area contributed by atoms with E-state index in [2.05, 4.69) is 10.5 Å². The molecule has 27 heavy (non-hydrogen) atoms. The van der Waals surface area contributed by atoms with Crippen LogP contribution < -0.4 is 10.2 Å². The minimum Gasteiger partial charge on any atom is -0.481 e. The second-order valence-electron chi connectivity index (χ2n) is 5.96. The molecule has 0 saturated carbocycles. The van der Waals surface area contributed by atoms with Crippen molar-refractivity contribution in [1.82, 2.24) is 5.43 Å². The maximum atomic E-state index is 12.3. The summed E-state index contributed by atoms with van der Waals surface area (Å²) in [6.07, 6.45) is -0.671. The maximum Gasteiger partial charge on any atom is 0.303 e. The summed E-state index contributed by atoms with van der Waals surface area (Å²) in [5.41, 5.74) is 4.52. The van der Waals surface area contributed by atoms with Gasteiger partial charge in [-0.2, -0.15) is 5.10 Å². The Bertz CT molecular complexity index is 837. The van der Waals surface area contributed by atoms with Crippen molar-refractivity contribution >= 4 is 29.2 Å². The van der Waals surface area contributed by atoms with E-state index in [0.717, 1.165) is 11.1 Å². The monoisotopic (exact) mass is 388 g/mol. The van der Waals surface area contributed by atoms with E-state index < -0.39 is 18.0 Å². The highest BCUT2D eigenvalue weighted by molar-refractivity contribution is 6.30. The van der Waals surface area contributed by atoms with Crippen molar-refractivity contribution < 1.29 is 19.4 Å². The van der Waals surface area contributed by atoms with Gasteiger partial charge in [0.15, 0.2) is 6.10 Å². The zero-order chi connectivity index (χ0) is 19.8. The molecule has 1 amide bonds. The Morgan fingerprint density at radius 3 is 2.52 bits per heavy atom. The van der Waals surface area contributed by atoms with E-state index in [1.807, 2.05) is 37.3 Å². The van der Waals surface area contributed by atoms with Gasteiger partial charge in [-0.3, -0.25) is 9.59 Å². The van der Waals surface area contributed by atoms with Crippen LogP contribution in [0.4, 0.5) is 0 Å². The van der Waals surface area contributed by atoms with Gasteiger partial charge in [-0.25, -0.2) is 5.43 Å². The van der Waals surface area contributed by atoms with Crippen LogP contribution in [0.5, 0.6) is 5.75 Å². The van der Waals surface area contributed by atoms with Crippen LogP contribution in [0, 0.1) is 6.92 Å². The molecule has 0 fully saturated rings. The molecule has 1 atom stereocenters. The summed E-state index contributed by atoms with van der Waals surface area (Å²) in [7, 11) is 0. The quantitative estimate of drug-likeness (QED) is 0.531. The average molecular weight is 389 g/mol. The number of carboxylic acids is 1. The van der Waals surface area contributed by atoms with E-state index in [0.29, 0.717) is 16.5 Å². The highest BCUT2D eigenvalue weighted by atomic mass is 35.5. The number of hydrogen-bond donors (Lipinski definition) is 2. The van der Waals surface area contributed by atoms with Gasteiger partial charge in [0.25, 0.3) is 5.91 Å². The number of aliphatic carboxylic acids is 1. The lowest BCUT2D eigenvalue weighted by Crippen LogP contribution is -2.34. The molecule has 2 aromatic carbocycles. The van der Waals surface area contributed by atoms with Gasteiger partial charge in [0.05, 0.1) is 12.1 Å². The van der Waals surface area contributed by atoms with Crippen LogP contribution in [-0.2, 0) is 9.59 Å². The number of carboxylic acid groups (broad SMARTS) is 1. The number of nitrogens with one attached hydrogen (secondary N) is 1. The number of benzene rings is 2. The van der Waals surface area contributed by atoms with Crippen molar-refractivity contribution in [2.45, 2.75) is 32.8 Å². The highest BCUT2D eigenvalue weighted by Gasteiger charge is 2.16. The molecular formula is C20H21ClN2O4. The van der Waals surface area contributed by atoms with E-state index in [1.54, 1.807) is 25.1 Å². The molecule has 0 heterocycles. The van der Waals surface area contributed by atoms with E-state index in [9.17, 15) is 9.59 Å². The van der Waals surface area contributed by atoms with Crippen LogP contribution in [0.15, 0.2) is 53.6 Å². The van der Waals surface area contributed by atoms with Crippen LogP contribution >= 0.6 is 11.6 Å². The van der Waals surface area contributed by atoms with Crippen molar-refractivity contribution in [3.63, 3.8) is 0 Å². The van der Waals surface area contributed by atoms with Crippen LogP contribution in [-0.4, -0.2) is 28.8 Å². The van der Waals surface area contributed by atoms with Gasteiger partial charge in [0.2, 0.25) is 0 Å². The second kappa shape index (κ2) is 9.73. The van der Waals surface area contributed by atoms with Gasteiger partial charge in [0, 0.05) is 11.4 Å². The van der Waals surface area contributed by atoms with Crippen LogP contribution in [0.2, 0.25) is 5.02 Å². The third-order valence-electron chi connectivity index (χ3n) is 3.79. The zero-order valence-corrected chi connectivity index (χ0v) is 15.9. The Hall–Kier alpha value is -2.86. The summed E-state index contributed by atoms with van der Waals surface area (Å²) >= 11 is 5.92. The first-order chi connectivity index (χ1) is 12.9. The maximum absolute atomic E-state index is 12.3. The number of halogens is 1. The number of nitrogens with zero attached hydrogens (tertiary/aromatic N) is 1. The van der Waals surface area contributed by atoms with E-state index in [4.69, 9.17) is 21.4 Å². The first-order valence-corrected chi connectivity index (χ1v) is 8.81. The van der Waals surface area contributed by atoms with Crippen molar-refractivity contribution in [2.75, 3.05) is 0 Å². The Labute approximate surface area is 162 Å². The minimum absolute atomic E-state index is 0.0837. The first kappa shape index (κ1) is 20.5.